The third-order valence-corrected chi connectivity index (χ3v) is 4.12. The highest BCUT2D eigenvalue weighted by molar-refractivity contribution is 7.17. The summed E-state index contributed by atoms with van der Waals surface area (Å²) in [5, 5.41) is 0.916. The van der Waals surface area contributed by atoms with E-state index in [1.165, 1.54) is 24.2 Å². The Bertz CT molecular complexity index is 543. The van der Waals surface area contributed by atoms with E-state index in [1.807, 2.05) is 12.1 Å². The van der Waals surface area contributed by atoms with Crippen LogP contribution < -0.4 is 4.90 Å². The first-order valence-electron chi connectivity index (χ1n) is 6.00. The molecule has 0 N–H and O–H groups in total. The highest BCUT2D eigenvalue weighted by Crippen LogP contribution is 2.35. The number of Topliss-reactive ketones (excluding diaryl/α,β-unsaturated/α-hetero) is 1. The molecule has 2 heterocycles. The summed E-state index contributed by atoms with van der Waals surface area (Å²) in [5.41, 5.74) is 0. The van der Waals surface area contributed by atoms with E-state index in [9.17, 15) is 4.79 Å². The number of hydrogen-bond donors (Lipinski definition) is 0. The van der Waals surface area contributed by atoms with Gasteiger partial charge in [-0.15, -0.1) is 0 Å². The van der Waals surface area contributed by atoms with Gasteiger partial charge < -0.3 is 9.32 Å². The molecule has 1 aliphatic carbocycles. The van der Waals surface area contributed by atoms with Gasteiger partial charge >= 0.3 is 0 Å². The maximum absolute atomic E-state index is 11.3. The fraction of sp³-hybridized carbons (Fsp3) is 0.385. The van der Waals surface area contributed by atoms with Crippen molar-refractivity contribution in [2.24, 2.45) is 0 Å². The molecule has 1 saturated carbocycles. The molecule has 4 nitrogen and oxygen atoms in total. The smallest absolute Gasteiger partial charge is 0.186 e. The maximum Gasteiger partial charge on any atom is 0.186 e. The van der Waals surface area contributed by atoms with E-state index in [0.717, 1.165) is 22.3 Å². The van der Waals surface area contributed by atoms with Crippen molar-refractivity contribution < 1.29 is 9.21 Å². The summed E-state index contributed by atoms with van der Waals surface area (Å²) in [6, 6.07) is 4.40. The predicted molar refractivity (Wildman–Crippen MR) is 70.0 cm³/mol. The summed E-state index contributed by atoms with van der Waals surface area (Å²) in [6.45, 7) is 2.30. The first-order chi connectivity index (χ1) is 8.74. The van der Waals surface area contributed by atoms with Gasteiger partial charge in [-0.1, -0.05) is 11.3 Å². The van der Waals surface area contributed by atoms with E-state index >= 15 is 0 Å². The minimum Gasteiger partial charge on any atom is -0.467 e. The Labute approximate surface area is 109 Å². The third kappa shape index (κ3) is 2.31. The van der Waals surface area contributed by atoms with E-state index in [0.29, 0.717) is 6.04 Å². The molecule has 0 unspecified atom stereocenters. The molecule has 0 spiro atoms. The second-order valence-corrected chi connectivity index (χ2v) is 5.51. The molecule has 18 heavy (non-hydrogen) atoms. The van der Waals surface area contributed by atoms with Crippen LogP contribution in [-0.4, -0.2) is 16.8 Å². The van der Waals surface area contributed by atoms with Crippen LogP contribution in [0.15, 0.2) is 29.0 Å². The van der Waals surface area contributed by atoms with Crippen LogP contribution in [0.1, 0.15) is 35.2 Å². The van der Waals surface area contributed by atoms with Crippen molar-refractivity contribution in [1.29, 1.82) is 0 Å². The number of carbonyl (C=O) groups is 1. The van der Waals surface area contributed by atoms with Gasteiger partial charge in [-0.2, -0.15) is 0 Å². The number of hydrogen-bond acceptors (Lipinski definition) is 5. The monoisotopic (exact) mass is 262 g/mol. The summed E-state index contributed by atoms with van der Waals surface area (Å²) >= 11 is 1.46. The minimum atomic E-state index is 0.0764. The van der Waals surface area contributed by atoms with Crippen molar-refractivity contribution in [1.82, 2.24) is 4.98 Å². The fourth-order valence-electron chi connectivity index (χ4n) is 1.87. The van der Waals surface area contributed by atoms with E-state index in [2.05, 4.69) is 9.88 Å². The average molecular weight is 262 g/mol. The lowest BCUT2D eigenvalue weighted by molar-refractivity contribution is 0.102. The molecule has 0 aliphatic heterocycles. The minimum absolute atomic E-state index is 0.0764. The lowest BCUT2D eigenvalue weighted by Gasteiger charge is -2.19. The van der Waals surface area contributed by atoms with Crippen LogP contribution in [0.3, 0.4) is 0 Å². The molecule has 2 aromatic rings. The lowest BCUT2D eigenvalue weighted by atomic mass is 10.4. The number of anilines is 1. The number of rotatable bonds is 5. The Morgan fingerprint density at radius 3 is 3.00 bits per heavy atom. The highest BCUT2D eigenvalue weighted by atomic mass is 32.1. The van der Waals surface area contributed by atoms with Crippen molar-refractivity contribution in [3.05, 3.63) is 35.2 Å². The largest absolute Gasteiger partial charge is 0.467 e. The zero-order valence-corrected chi connectivity index (χ0v) is 10.9. The van der Waals surface area contributed by atoms with Crippen molar-refractivity contribution in [2.45, 2.75) is 32.4 Å². The lowest BCUT2D eigenvalue weighted by Crippen LogP contribution is -2.24. The zero-order chi connectivity index (χ0) is 12.5. The van der Waals surface area contributed by atoms with Gasteiger partial charge in [-0.3, -0.25) is 4.79 Å². The van der Waals surface area contributed by atoms with E-state index in [4.69, 9.17) is 4.42 Å². The van der Waals surface area contributed by atoms with E-state index in [-0.39, 0.29) is 5.78 Å². The van der Waals surface area contributed by atoms with Gasteiger partial charge in [-0.05, 0) is 25.0 Å². The zero-order valence-electron chi connectivity index (χ0n) is 10.1. The number of ketones is 1. The third-order valence-electron chi connectivity index (χ3n) is 2.98. The molecule has 0 radical (unpaired) electrons. The fourth-order valence-corrected chi connectivity index (χ4v) is 2.75. The molecule has 5 heteroatoms. The number of thiazole rings is 1. The average Bonchev–Trinajstić information content (AvgIpc) is 2.88. The van der Waals surface area contributed by atoms with Crippen LogP contribution >= 0.6 is 11.3 Å². The Hall–Kier alpha value is -1.62. The van der Waals surface area contributed by atoms with E-state index in [1.54, 1.807) is 19.4 Å². The standard InChI is InChI=1S/C13H14N2O2S/c1-9(16)12-7-14-13(18-12)15(10-4-5-10)8-11-3-2-6-17-11/h2-3,6-7,10H,4-5,8H2,1H3. The quantitative estimate of drug-likeness (QED) is 0.777. The summed E-state index contributed by atoms with van der Waals surface area (Å²) in [7, 11) is 0. The molecule has 0 saturated heterocycles. The van der Waals surface area contributed by atoms with Crippen LogP contribution in [0.25, 0.3) is 0 Å². The van der Waals surface area contributed by atoms with Gasteiger partial charge in [0.2, 0.25) is 0 Å². The molecule has 94 valence electrons. The topological polar surface area (TPSA) is 46.3 Å². The second kappa shape index (κ2) is 4.57. The van der Waals surface area contributed by atoms with Crippen molar-refractivity contribution >= 4 is 22.3 Å². The highest BCUT2D eigenvalue weighted by Gasteiger charge is 2.31. The molecule has 0 aromatic carbocycles. The predicted octanol–water partition coefficient (Wildman–Crippen LogP) is 3.11. The summed E-state index contributed by atoms with van der Waals surface area (Å²) in [6.07, 6.45) is 5.73. The van der Waals surface area contributed by atoms with Crippen LogP contribution in [0.4, 0.5) is 5.13 Å². The first-order valence-corrected chi connectivity index (χ1v) is 6.81. The maximum atomic E-state index is 11.3. The molecule has 0 bridgehead atoms. The Kier molecular flexibility index (Phi) is 2.91. The summed E-state index contributed by atoms with van der Waals surface area (Å²) in [4.78, 5) is 18.6. The molecule has 2 aromatic heterocycles. The van der Waals surface area contributed by atoms with Gasteiger partial charge in [0.1, 0.15) is 5.76 Å². The van der Waals surface area contributed by atoms with Crippen LogP contribution in [-0.2, 0) is 6.54 Å². The van der Waals surface area contributed by atoms with Gasteiger partial charge in [0.05, 0.1) is 23.9 Å². The molecule has 3 rings (SSSR count). The van der Waals surface area contributed by atoms with Gasteiger partial charge in [-0.25, -0.2) is 4.98 Å². The van der Waals surface area contributed by atoms with Crippen LogP contribution in [0.2, 0.25) is 0 Å². The van der Waals surface area contributed by atoms with E-state index < -0.39 is 0 Å². The molecular formula is C13H14N2O2S. The van der Waals surface area contributed by atoms with Crippen molar-refractivity contribution in [3.8, 4) is 0 Å². The summed E-state index contributed by atoms with van der Waals surface area (Å²) in [5.74, 6) is 1.01. The van der Waals surface area contributed by atoms with Gasteiger partial charge in [0.15, 0.2) is 10.9 Å². The number of furan rings is 1. The molecule has 1 fully saturated rings. The number of aromatic nitrogens is 1. The molecule has 0 amide bonds. The normalized spacial score (nSPS) is 14.7. The van der Waals surface area contributed by atoms with Crippen LogP contribution in [0.5, 0.6) is 0 Å². The first kappa shape index (κ1) is 11.5. The molecular weight excluding hydrogens is 248 g/mol. The number of carbonyl (C=O) groups excluding carboxylic acids is 1. The SMILES string of the molecule is CC(=O)c1cnc(N(Cc2ccco2)C2CC2)s1. The summed E-state index contributed by atoms with van der Waals surface area (Å²) < 4.78 is 5.39. The molecule has 0 atom stereocenters. The Morgan fingerprint density at radius 2 is 2.44 bits per heavy atom. The second-order valence-electron chi connectivity index (χ2n) is 4.50. The van der Waals surface area contributed by atoms with Gasteiger partial charge in [0, 0.05) is 13.0 Å². The molecule has 1 aliphatic rings. The Balaban J connectivity index is 1.82. The van der Waals surface area contributed by atoms with Crippen molar-refractivity contribution in [3.63, 3.8) is 0 Å². The van der Waals surface area contributed by atoms with Gasteiger partial charge in [0.25, 0.3) is 0 Å². The number of nitrogens with zero attached hydrogens (tertiary/aromatic N) is 2. The van der Waals surface area contributed by atoms with Crippen molar-refractivity contribution in [2.75, 3.05) is 4.90 Å². The van der Waals surface area contributed by atoms with Crippen LogP contribution in [0, 0.1) is 0 Å². The Morgan fingerprint density at radius 1 is 1.61 bits per heavy atom.